The van der Waals surface area contributed by atoms with Crippen molar-refractivity contribution in [3.8, 4) is 0 Å². The van der Waals surface area contributed by atoms with E-state index in [1.807, 2.05) is 37.3 Å². The van der Waals surface area contributed by atoms with Crippen LogP contribution in [0.1, 0.15) is 39.6 Å². The maximum Gasteiger partial charge on any atom is 0.338 e. The van der Waals surface area contributed by atoms with E-state index in [1.165, 1.54) is 0 Å². The molecule has 4 heteroatoms. The number of ether oxygens (including phenoxy) is 1. The molecule has 0 heterocycles. The highest BCUT2D eigenvalue weighted by atomic mass is 16.5. The number of esters is 1. The van der Waals surface area contributed by atoms with Gasteiger partial charge in [0.15, 0.2) is 5.78 Å². The van der Waals surface area contributed by atoms with Crippen molar-refractivity contribution in [2.75, 3.05) is 13.1 Å². The van der Waals surface area contributed by atoms with Crippen molar-refractivity contribution in [3.05, 3.63) is 71.3 Å². The molecule has 0 unspecified atom stereocenters. The van der Waals surface area contributed by atoms with Gasteiger partial charge in [0.05, 0.1) is 12.1 Å². The topological polar surface area (TPSA) is 55.4 Å². The normalized spacial score (nSPS) is 10.3. The Hall–Kier alpha value is -2.46. The monoisotopic (exact) mass is 311 g/mol. The molecule has 0 bridgehead atoms. The van der Waals surface area contributed by atoms with Crippen LogP contribution in [0.25, 0.3) is 0 Å². The van der Waals surface area contributed by atoms with E-state index in [4.69, 9.17) is 4.74 Å². The van der Waals surface area contributed by atoms with Gasteiger partial charge in [-0.25, -0.2) is 4.79 Å². The Bertz CT molecular complexity index is 635. The summed E-state index contributed by atoms with van der Waals surface area (Å²) in [5.41, 5.74) is 1.97. The summed E-state index contributed by atoms with van der Waals surface area (Å²) in [6, 6.07) is 16.1. The van der Waals surface area contributed by atoms with Crippen LogP contribution >= 0.6 is 0 Å². The average molecular weight is 311 g/mol. The highest BCUT2D eigenvalue weighted by molar-refractivity contribution is 5.98. The van der Waals surface area contributed by atoms with Crippen LogP contribution in [0.15, 0.2) is 54.6 Å². The molecule has 2 rings (SSSR count). The number of nitrogens with one attached hydrogen (secondary N) is 1. The summed E-state index contributed by atoms with van der Waals surface area (Å²) in [7, 11) is 0. The lowest BCUT2D eigenvalue weighted by atomic mass is 10.1. The highest BCUT2D eigenvalue weighted by Crippen LogP contribution is 2.09. The molecule has 0 fully saturated rings. The number of hydrogen-bond donors (Lipinski definition) is 1. The van der Waals surface area contributed by atoms with Crippen LogP contribution in [-0.4, -0.2) is 24.8 Å². The van der Waals surface area contributed by atoms with Crippen molar-refractivity contribution in [2.24, 2.45) is 0 Å². The van der Waals surface area contributed by atoms with Crippen molar-refractivity contribution < 1.29 is 14.3 Å². The molecule has 0 aliphatic carbocycles. The fraction of sp³-hybridized carbons (Fsp3) is 0.263. The van der Waals surface area contributed by atoms with Gasteiger partial charge in [-0.3, -0.25) is 4.79 Å². The van der Waals surface area contributed by atoms with Gasteiger partial charge in [0, 0.05) is 5.56 Å². The van der Waals surface area contributed by atoms with E-state index in [-0.39, 0.29) is 12.4 Å². The summed E-state index contributed by atoms with van der Waals surface area (Å²) in [4.78, 5) is 23.9. The quantitative estimate of drug-likeness (QED) is 0.462. The van der Waals surface area contributed by atoms with Crippen LogP contribution in [0.3, 0.4) is 0 Å². The standard InChI is InChI=1S/C19H21NO3/c1-2-12-20-13-18(21)16-8-10-17(11-9-16)19(22)23-14-15-6-4-3-5-7-15/h3-11,20H,2,12-14H2,1H3. The Morgan fingerprint density at radius 1 is 0.957 bits per heavy atom. The number of carbonyl (C=O) groups excluding carboxylic acids is 2. The molecule has 2 aromatic rings. The summed E-state index contributed by atoms with van der Waals surface area (Å²) in [6.07, 6.45) is 0.986. The van der Waals surface area contributed by atoms with E-state index in [0.717, 1.165) is 18.5 Å². The maximum absolute atomic E-state index is 12.0. The molecule has 0 atom stereocenters. The number of ketones is 1. The number of hydrogen-bond acceptors (Lipinski definition) is 4. The summed E-state index contributed by atoms with van der Waals surface area (Å²) in [5, 5.41) is 3.07. The van der Waals surface area contributed by atoms with Gasteiger partial charge < -0.3 is 10.1 Å². The van der Waals surface area contributed by atoms with Gasteiger partial charge in [-0.1, -0.05) is 49.4 Å². The molecular weight excluding hydrogens is 290 g/mol. The summed E-state index contributed by atoms with van der Waals surface area (Å²) in [5.74, 6) is -0.375. The van der Waals surface area contributed by atoms with Gasteiger partial charge >= 0.3 is 5.97 Å². The third-order valence-corrected chi connectivity index (χ3v) is 3.37. The predicted octanol–water partition coefficient (Wildman–Crippen LogP) is 3.23. The number of benzene rings is 2. The van der Waals surface area contributed by atoms with Gasteiger partial charge in [-0.15, -0.1) is 0 Å². The highest BCUT2D eigenvalue weighted by Gasteiger charge is 2.10. The first-order valence-electron chi connectivity index (χ1n) is 7.75. The largest absolute Gasteiger partial charge is 0.457 e. The van der Waals surface area contributed by atoms with E-state index in [2.05, 4.69) is 5.32 Å². The molecule has 1 N–H and O–H groups in total. The van der Waals surface area contributed by atoms with E-state index >= 15 is 0 Å². The zero-order valence-corrected chi connectivity index (χ0v) is 13.2. The summed E-state index contributed by atoms with van der Waals surface area (Å²) >= 11 is 0. The second-order valence-corrected chi connectivity index (χ2v) is 5.24. The van der Waals surface area contributed by atoms with E-state index in [9.17, 15) is 9.59 Å². The molecule has 0 radical (unpaired) electrons. The van der Waals surface area contributed by atoms with E-state index in [0.29, 0.717) is 17.7 Å². The first-order valence-corrected chi connectivity index (χ1v) is 7.75. The zero-order chi connectivity index (χ0) is 16.5. The zero-order valence-electron chi connectivity index (χ0n) is 13.2. The smallest absolute Gasteiger partial charge is 0.338 e. The Morgan fingerprint density at radius 2 is 1.61 bits per heavy atom. The molecular formula is C19H21NO3. The van der Waals surface area contributed by atoms with Crippen LogP contribution in [0.5, 0.6) is 0 Å². The number of carbonyl (C=O) groups is 2. The molecule has 0 aromatic heterocycles. The SMILES string of the molecule is CCCNCC(=O)c1ccc(C(=O)OCc2ccccc2)cc1. The number of rotatable bonds is 8. The Kier molecular flexibility index (Phi) is 6.51. The van der Waals surface area contributed by atoms with E-state index < -0.39 is 5.97 Å². The van der Waals surface area contributed by atoms with Crippen molar-refractivity contribution in [3.63, 3.8) is 0 Å². The molecule has 0 saturated heterocycles. The molecule has 120 valence electrons. The second kappa shape index (κ2) is 8.86. The van der Waals surface area contributed by atoms with Crippen molar-refractivity contribution in [1.29, 1.82) is 0 Å². The molecule has 0 spiro atoms. The predicted molar refractivity (Wildman–Crippen MR) is 89.5 cm³/mol. The molecule has 4 nitrogen and oxygen atoms in total. The molecule has 0 aliphatic heterocycles. The van der Waals surface area contributed by atoms with Crippen molar-refractivity contribution in [2.45, 2.75) is 20.0 Å². The molecule has 2 aromatic carbocycles. The van der Waals surface area contributed by atoms with E-state index in [1.54, 1.807) is 24.3 Å². The van der Waals surface area contributed by atoms with Crippen molar-refractivity contribution in [1.82, 2.24) is 5.32 Å². The minimum atomic E-state index is -0.392. The maximum atomic E-state index is 12.0. The minimum Gasteiger partial charge on any atom is -0.457 e. The third-order valence-electron chi connectivity index (χ3n) is 3.37. The Morgan fingerprint density at radius 3 is 2.26 bits per heavy atom. The van der Waals surface area contributed by atoms with Crippen LogP contribution < -0.4 is 5.32 Å². The first-order chi connectivity index (χ1) is 11.2. The molecule has 0 aliphatic rings. The molecule has 23 heavy (non-hydrogen) atoms. The fourth-order valence-corrected chi connectivity index (χ4v) is 2.08. The third kappa shape index (κ3) is 5.34. The summed E-state index contributed by atoms with van der Waals surface area (Å²) in [6.45, 7) is 3.41. The lowest BCUT2D eigenvalue weighted by molar-refractivity contribution is 0.0472. The first kappa shape index (κ1) is 16.9. The lowest BCUT2D eigenvalue weighted by Gasteiger charge is -2.06. The lowest BCUT2D eigenvalue weighted by Crippen LogP contribution is -2.23. The summed E-state index contributed by atoms with van der Waals surface area (Å²) < 4.78 is 5.26. The van der Waals surface area contributed by atoms with Crippen LogP contribution in [0.2, 0.25) is 0 Å². The average Bonchev–Trinajstić information content (AvgIpc) is 2.61. The van der Waals surface area contributed by atoms with Crippen LogP contribution in [0.4, 0.5) is 0 Å². The Balaban J connectivity index is 1.88. The van der Waals surface area contributed by atoms with Crippen molar-refractivity contribution >= 4 is 11.8 Å². The Labute approximate surface area is 136 Å². The molecule has 0 saturated carbocycles. The van der Waals surface area contributed by atoms with Gasteiger partial charge in [-0.05, 0) is 30.7 Å². The number of Topliss-reactive ketones (excluding diaryl/α,β-unsaturated/α-hetero) is 1. The van der Waals surface area contributed by atoms with Gasteiger partial charge in [0.1, 0.15) is 6.61 Å². The minimum absolute atomic E-state index is 0.0163. The molecule has 0 amide bonds. The fourth-order valence-electron chi connectivity index (χ4n) is 2.08. The second-order valence-electron chi connectivity index (χ2n) is 5.24. The van der Waals surface area contributed by atoms with Gasteiger partial charge in [0.2, 0.25) is 0 Å². The van der Waals surface area contributed by atoms with Crippen LogP contribution in [-0.2, 0) is 11.3 Å². The van der Waals surface area contributed by atoms with Crippen LogP contribution in [0, 0.1) is 0 Å². The van der Waals surface area contributed by atoms with Gasteiger partial charge in [-0.2, -0.15) is 0 Å². The van der Waals surface area contributed by atoms with Gasteiger partial charge in [0.25, 0.3) is 0 Å².